The average molecular weight is 208 g/mol. The summed E-state index contributed by atoms with van der Waals surface area (Å²) in [5.74, 6) is 2.47. The van der Waals surface area contributed by atoms with E-state index in [0.717, 1.165) is 24.5 Å². The van der Waals surface area contributed by atoms with Gasteiger partial charge in [0.1, 0.15) is 5.82 Å². The lowest BCUT2D eigenvalue weighted by molar-refractivity contribution is 0.319. The fourth-order valence-corrected chi connectivity index (χ4v) is 2.13. The van der Waals surface area contributed by atoms with Crippen LogP contribution in [0.3, 0.4) is 0 Å². The van der Waals surface area contributed by atoms with Crippen LogP contribution in [0.1, 0.15) is 57.2 Å². The molecule has 2 atom stereocenters. The molecule has 1 aliphatic heterocycles. The van der Waals surface area contributed by atoms with Gasteiger partial charge in [-0.1, -0.05) is 13.8 Å². The molecule has 0 aliphatic carbocycles. The number of hydrogen-bond acceptors (Lipinski definition) is 3. The molecular weight excluding hydrogens is 188 g/mol. The largest absolute Gasteiger partial charge is 0.326 e. The first-order valence-electron chi connectivity index (χ1n) is 5.80. The van der Waals surface area contributed by atoms with E-state index in [0.29, 0.717) is 12.0 Å². The summed E-state index contributed by atoms with van der Waals surface area (Å²) in [6, 6.07) is 0.500. The van der Waals surface area contributed by atoms with Gasteiger partial charge in [-0.15, -0.1) is 0 Å². The van der Waals surface area contributed by atoms with Crippen molar-refractivity contribution in [2.45, 2.75) is 58.0 Å². The van der Waals surface area contributed by atoms with E-state index in [9.17, 15) is 0 Å². The zero-order chi connectivity index (χ0) is 11.0. The Bertz CT molecular complexity index is 340. The minimum atomic E-state index is 0.158. The van der Waals surface area contributed by atoms with Crippen LogP contribution in [0, 0.1) is 0 Å². The Kier molecular flexibility index (Phi) is 2.78. The van der Waals surface area contributed by atoms with Crippen LogP contribution in [0.5, 0.6) is 0 Å². The van der Waals surface area contributed by atoms with E-state index in [-0.39, 0.29) is 6.04 Å². The Morgan fingerprint density at radius 1 is 1.40 bits per heavy atom. The second-order valence-corrected chi connectivity index (χ2v) is 4.80. The Morgan fingerprint density at radius 2 is 2.13 bits per heavy atom. The van der Waals surface area contributed by atoms with Crippen molar-refractivity contribution >= 4 is 0 Å². The molecule has 0 spiro atoms. The fraction of sp³-hybridized carbons (Fsp3) is 0.818. The molecule has 2 rings (SSSR count). The number of hydrogen-bond donors (Lipinski definition) is 1. The number of nitrogens with zero attached hydrogens (tertiary/aromatic N) is 3. The smallest absolute Gasteiger partial charge is 0.153 e. The molecule has 4 heteroatoms. The maximum atomic E-state index is 5.98. The molecule has 0 bridgehead atoms. The van der Waals surface area contributed by atoms with E-state index in [1.54, 1.807) is 0 Å². The third-order valence-electron chi connectivity index (χ3n) is 3.06. The summed E-state index contributed by atoms with van der Waals surface area (Å²) in [6.07, 6.45) is 3.36. The second-order valence-electron chi connectivity index (χ2n) is 4.80. The topological polar surface area (TPSA) is 56.7 Å². The number of rotatable bonds is 2. The van der Waals surface area contributed by atoms with Gasteiger partial charge in [0, 0.05) is 18.4 Å². The molecule has 1 aromatic rings. The highest BCUT2D eigenvalue weighted by Crippen LogP contribution is 2.26. The quantitative estimate of drug-likeness (QED) is 0.803. The van der Waals surface area contributed by atoms with Crippen LogP contribution >= 0.6 is 0 Å². The summed E-state index contributed by atoms with van der Waals surface area (Å²) in [5, 5.41) is 4.58. The van der Waals surface area contributed by atoms with Gasteiger partial charge in [-0.05, 0) is 19.8 Å². The van der Waals surface area contributed by atoms with Gasteiger partial charge < -0.3 is 5.73 Å². The molecular formula is C11H20N4. The van der Waals surface area contributed by atoms with Gasteiger partial charge in [0.2, 0.25) is 0 Å². The zero-order valence-corrected chi connectivity index (χ0v) is 9.77. The molecule has 2 unspecified atom stereocenters. The first kappa shape index (κ1) is 10.6. The van der Waals surface area contributed by atoms with E-state index in [1.165, 1.54) is 6.42 Å². The van der Waals surface area contributed by atoms with Crippen molar-refractivity contribution in [1.29, 1.82) is 0 Å². The molecule has 0 aromatic carbocycles. The van der Waals surface area contributed by atoms with Gasteiger partial charge in [-0.2, -0.15) is 5.10 Å². The fourth-order valence-electron chi connectivity index (χ4n) is 2.13. The van der Waals surface area contributed by atoms with Crippen LogP contribution in [0.15, 0.2) is 0 Å². The van der Waals surface area contributed by atoms with Crippen molar-refractivity contribution in [3.8, 4) is 0 Å². The Hall–Kier alpha value is -0.900. The molecule has 15 heavy (non-hydrogen) atoms. The summed E-state index contributed by atoms with van der Waals surface area (Å²) in [5.41, 5.74) is 5.98. The molecule has 1 aliphatic rings. The SMILES string of the molecule is CC(C)c1nc2n(n1)C(C(C)N)CCC2. The lowest BCUT2D eigenvalue weighted by Crippen LogP contribution is -2.33. The molecule has 0 fully saturated rings. The first-order chi connectivity index (χ1) is 7.09. The van der Waals surface area contributed by atoms with Crippen LogP contribution < -0.4 is 5.73 Å². The molecule has 0 amide bonds. The van der Waals surface area contributed by atoms with Crippen LogP contribution in [-0.4, -0.2) is 20.8 Å². The maximum absolute atomic E-state index is 5.98. The van der Waals surface area contributed by atoms with E-state index >= 15 is 0 Å². The summed E-state index contributed by atoms with van der Waals surface area (Å²) in [6.45, 7) is 6.31. The number of aryl methyl sites for hydroxylation is 1. The number of nitrogens with two attached hydrogens (primary N) is 1. The average Bonchev–Trinajstić information content (AvgIpc) is 2.60. The summed E-state index contributed by atoms with van der Waals surface area (Å²) in [7, 11) is 0. The first-order valence-corrected chi connectivity index (χ1v) is 5.80. The van der Waals surface area contributed by atoms with Gasteiger partial charge in [0.05, 0.1) is 6.04 Å². The van der Waals surface area contributed by atoms with E-state index in [4.69, 9.17) is 5.73 Å². The van der Waals surface area contributed by atoms with Crippen molar-refractivity contribution in [1.82, 2.24) is 14.8 Å². The van der Waals surface area contributed by atoms with E-state index < -0.39 is 0 Å². The molecule has 0 saturated heterocycles. The van der Waals surface area contributed by atoms with Crippen LogP contribution in [-0.2, 0) is 6.42 Å². The van der Waals surface area contributed by atoms with Gasteiger partial charge in [0.25, 0.3) is 0 Å². The molecule has 0 radical (unpaired) electrons. The summed E-state index contributed by atoms with van der Waals surface area (Å²) in [4.78, 5) is 4.58. The third kappa shape index (κ3) is 1.91. The van der Waals surface area contributed by atoms with Gasteiger partial charge in [-0.25, -0.2) is 9.67 Å². The van der Waals surface area contributed by atoms with Crippen molar-refractivity contribution in [2.24, 2.45) is 5.73 Å². The van der Waals surface area contributed by atoms with E-state index in [2.05, 4.69) is 35.5 Å². The highest BCUT2D eigenvalue weighted by atomic mass is 15.4. The highest BCUT2D eigenvalue weighted by Gasteiger charge is 2.26. The number of aromatic nitrogens is 3. The summed E-state index contributed by atoms with van der Waals surface area (Å²) >= 11 is 0. The third-order valence-corrected chi connectivity index (χ3v) is 3.06. The van der Waals surface area contributed by atoms with Gasteiger partial charge in [-0.3, -0.25) is 0 Å². The normalized spacial score (nSPS) is 22.9. The number of fused-ring (bicyclic) bond motifs is 1. The lowest BCUT2D eigenvalue weighted by Gasteiger charge is -2.26. The summed E-state index contributed by atoms with van der Waals surface area (Å²) < 4.78 is 2.06. The molecule has 2 heterocycles. The molecule has 84 valence electrons. The molecule has 2 N–H and O–H groups in total. The Morgan fingerprint density at radius 3 is 2.73 bits per heavy atom. The van der Waals surface area contributed by atoms with Crippen molar-refractivity contribution in [2.75, 3.05) is 0 Å². The van der Waals surface area contributed by atoms with E-state index in [1.807, 2.05) is 0 Å². The van der Waals surface area contributed by atoms with Crippen LogP contribution in [0.2, 0.25) is 0 Å². The maximum Gasteiger partial charge on any atom is 0.153 e. The standard InChI is InChI=1S/C11H20N4/c1-7(2)11-13-10-6-4-5-9(8(3)12)15(10)14-11/h7-9H,4-6,12H2,1-3H3. The lowest BCUT2D eigenvalue weighted by atomic mass is 10.00. The predicted molar refractivity (Wildman–Crippen MR) is 59.7 cm³/mol. The molecule has 0 saturated carbocycles. The highest BCUT2D eigenvalue weighted by molar-refractivity contribution is 5.02. The monoisotopic (exact) mass is 208 g/mol. The van der Waals surface area contributed by atoms with Crippen molar-refractivity contribution in [3.05, 3.63) is 11.6 Å². The van der Waals surface area contributed by atoms with Crippen molar-refractivity contribution < 1.29 is 0 Å². The zero-order valence-electron chi connectivity index (χ0n) is 9.77. The van der Waals surface area contributed by atoms with Gasteiger partial charge >= 0.3 is 0 Å². The second kappa shape index (κ2) is 3.93. The minimum Gasteiger partial charge on any atom is -0.326 e. The van der Waals surface area contributed by atoms with Crippen LogP contribution in [0.4, 0.5) is 0 Å². The Balaban J connectivity index is 2.34. The van der Waals surface area contributed by atoms with Gasteiger partial charge in [0.15, 0.2) is 5.82 Å². The Labute approximate surface area is 90.9 Å². The predicted octanol–water partition coefficient (Wildman–Crippen LogP) is 1.63. The molecule has 4 nitrogen and oxygen atoms in total. The minimum absolute atomic E-state index is 0.158. The van der Waals surface area contributed by atoms with Crippen molar-refractivity contribution in [3.63, 3.8) is 0 Å². The van der Waals surface area contributed by atoms with Crippen LogP contribution in [0.25, 0.3) is 0 Å². The molecule has 1 aromatic heterocycles.